The molecule has 2 heterocycles. The molecule has 0 aliphatic carbocycles. The monoisotopic (exact) mass is 358 g/mol. The molecule has 0 aromatic heterocycles. The van der Waals surface area contributed by atoms with Crippen LogP contribution < -0.4 is 0 Å². The van der Waals surface area contributed by atoms with Crippen LogP contribution in [0.15, 0.2) is 48.5 Å². The first-order valence-electron chi connectivity index (χ1n) is 9.73. The Kier molecular flexibility index (Phi) is 3.76. The minimum atomic E-state index is -0.156. The van der Waals surface area contributed by atoms with Crippen molar-refractivity contribution in [2.45, 2.75) is 25.8 Å². The summed E-state index contributed by atoms with van der Waals surface area (Å²) >= 11 is 0. The topological polar surface area (TPSA) is 40.6 Å². The van der Waals surface area contributed by atoms with Gasteiger partial charge in [0.05, 0.1) is 5.56 Å². The van der Waals surface area contributed by atoms with Crippen LogP contribution in [0.2, 0.25) is 0 Å². The zero-order chi connectivity index (χ0) is 18.5. The maximum Gasteiger partial charge on any atom is 0.262 e. The summed E-state index contributed by atoms with van der Waals surface area (Å²) in [5.41, 5.74) is 1.33. The normalized spacial score (nSPS) is 20.2. The fourth-order valence-corrected chi connectivity index (χ4v) is 4.79. The predicted molar refractivity (Wildman–Crippen MR) is 107 cm³/mol. The van der Waals surface area contributed by atoms with E-state index in [1.165, 1.54) is 4.90 Å². The average molecular weight is 358 g/mol. The van der Waals surface area contributed by atoms with Crippen molar-refractivity contribution in [3.05, 3.63) is 59.7 Å². The summed E-state index contributed by atoms with van der Waals surface area (Å²) in [5.74, 6) is -0.306. The molecule has 2 aliphatic rings. The maximum atomic E-state index is 13.5. The molecule has 0 saturated carbocycles. The van der Waals surface area contributed by atoms with Crippen molar-refractivity contribution in [2.24, 2.45) is 0 Å². The molecule has 0 N–H and O–H groups in total. The molecule has 4 heteroatoms. The summed E-state index contributed by atoms with van der Waals surface area (Å²) < 4.78 is 0. The van der Waals surface area contributed by atoms with Gasteiger partial charge in [-0.05, 0) is 54.2 Å². The third-order valence-corrected chi connectivity index (χ3v) is 6.12. The van der Waals surface area contributed by atoms with E-state index in [9.17, 15) is 9.59 Å². The largest absolute Gasteiger partial charge is 0.299 e. The number of benzene rings is 3. The van der Waals surface area contributed by atoms with Crippen molar-refractivity contribution in [1.29, 1.82) is 0 Å². The van der Waals surface area contributed by atoms with Crippen molar-refractivity contribution in [3.63, 3.8) is 0 Å². The molecule has 136 valence electrons. The summed E-state index contributed by atoms with van der Waals surface area (Å²) in [6.07, 6.45) is 2.17. The van der Waals surface area contributed by atoms with Gasteiger partial charge in [-0.1, -0.05) is 43.3 Å². The molecular weight excluding hydrogens is 336 g/mol. The number of fused-ring (bicyclic) bond motifs is 2. The summed E-state index contributed by atoms with van der Waals surface area (Å²) in [4.78, 5) is 30.6. The molecule has 1 unspecified atom stereocenters. The van der Waals surface area contributed by atoms with Gasteiger partial charge in [0.25, 0.3) is 11.8 Å². The van der Waals surface area contributed by atoms with Crippen LogP contribution >= 0.6 is 0 Å². The predicted octanol–water partition coefficient (Wildman–Crippen LogP) is 4.07. The van der Waals surface area contributed by atoms with Gasteiger partial charge in [-0.3, -0.25) is 19.4 Å². The van der Waals surface area contributed by atoms with Crippen LogP contribution in [-0.2, 0) is 0 Å². The van der Waals surface area contributed by atoms with Gasteiger partial charge in [0.1, 0.15) is 0 Å². The molecule has 3 aromatic rings. The lowest BCUT2D eigenvalue weighted by molar-refractivity contribution is 0.0569. The van der Waals surface area contributed by atoms with E-state index >= 15 is 0 Å². The van der Waals surface area contributed by atoms with Crippen molar-refractivity contribution in [2.75, 3.05) is 19.6 Å². The Bertz CT molecular complexity index is 1090. The van der Waals surface area contributed by atoms with E-state index in [-0.39, 0.29) is 17.9 Å². The fourth-order valence-electron chi connectivity index (χ4n) is 4.79. The summed E-state index contributed by atoms with van der Waals surface area (Å²) in [5, 5.41) is 3.73. The number of carbonyl (C=O) groups excluding carboxylic acids is 2. The standard InChI is InChI=1S/C23H22N2O2/c1-2-24-12-6-9-17(24)14-25-22(26)19-11-5-8-16-13-15-7-3-4-10-18(15)21(20(16)19)23(25)27/h3-5,7-8,10-11,13,17H,2,6,9,12,14H2,1H3. The minimum absolute atomic E-state index is 0.150. The van der Waals surface area contributed by atoms with Gasteiger partial charge in [-0.2, -0.15) is 0 Å². The van der Waals surface area contributed by atoms with Crippen LogP contribution in [0, 0.1) is 0 Å². The van der Waals surface area contributed by atoms with Gasteiger partial charge in [0.15, 0.2) is 0 Å². The lowest BCUT2D eigenvalue weighted by Gasteiger charge is -2.32. The highest BCUT2D eigenvalue weighted by molar-refractivity contribution is 6.30. The Morgan fingerprint density at radius 3 is 2.67 bits per heavy atom. The number of hydrogen-bond acceptors (Lipinski definition) is 3. The Morgan fingerprint density at radius 1 is 1.00 bits per heavy atom. The van der Waals surface area contributed by atoms with Crippen LogP contribution in [0.5, 0.6) is 0 Å². The van der Waals surface area contributed by atoms with Crippen LogP contribution in [0.25, 0.3) is 21.5 Å². The minimum Gasteiger partial charge on any atom is -0.299 e. The molecule has 2 aliphatic heterocycles. The molecule has 2 amide bonds. The number of imide groups is 1. The van der Waals surface area contributed by atoms with Crippen LogP contribution in [0.1, 0.15) is 40.5 Å². The van der Waals surface area contributed by atoms with Crippen molar-refractivity contribution >= 4 is 33.4 Å². The first-order valence-corrected chi connectivity index (χ1v) is 9.73. The molecule has 3 aromatic carbocycles. The van der Waals surface area contributed by atoms with Crippen molar-refractivity contribution in [3.8, 4) is 0 Å². The molecule has 5 rings (SSSR count). The van der Waals surface area contributed by atoms with E-state index in [2.05, 4.69) is 17.9 Å². The molecule has 27 heavy (non-hydrogen) atoms. The molecule has 0 bridgehead atoms. The summed E-state index contributed by atoms with van der Waals surface area (Å²) in [7, 11) is 0. The third kappa shape index (κ3) is 2.40. The number of likely N-dealkylation sites (tertiary alicyclic amines) is 1. The van der Waals surface area contributed by atoms with Gasteiger partial charge >= 0.3 is 0 Å². The second kappa shape index (κ2) is 6.17. The van der Waals surface area contributed by atoms with Crippen molar-refractivity contribution < 1.29 is 9.59 Å². The van der Waals surface area contributed by atoms with Crippen molar-refractivity contribution in [1.82, 2.24) is 9.80 Å². The lowest BCUT2D eigenvalue weighted by atomic mass is 9.89. The zero-order valence-electron chi connectivity index (χ0n) is 15.4. The van der Waals surface area contributed by atoms with Crippen LogP contribution in [0.4, 0.5) is 0 Å². The van der Waals surface area contributed by atoms with E-state index in [1.54, 1.807) is 0 Å². The van der Waals surface area contributed by atoms with Gasteiger partial charge in [-0.15, -0.1) is 0 Å². The number of hydrogen-bond donors (Lipinski definition) is 0. The second-order valence-electron chi connectivity index (χ2n) is 7.52. The van der Waals surface area contributed by atoms with Crippen LogP contribution in [0.3, 0.4) is 0 Å². The highest BCUT2D eigenvalue weighted by Crippen LogP contribution is 2.36. The number of carbonyl (C=O) groups is 2. The van der Waals surface area contributed by atoms with E-state index in [0.717, 1.165) is 47.5 Å². The highest BCUT2D eigenvalue weighted by Gasteiger charge is 2.37. The van der Waals surface area contributed by atoms with Gasteiger partial charge in [-0.25, -0.2) is 0 Å². The molecule has 4 nitrogen and oxygen atoms in total. The Hall–Kier alpha value is -2.72. The second-order valence-corrected chi connectivity index (χ2v) is 7.52. The van der Waals surface area contributed by atoms with E-state index in [1.807, 2.05) is 42.5 Å². The molecule has 1 saturated heterocycles. The van der Waals surface area contributed by atoms with Gasteiger partial charge in [0.2, 0.25) is 0 Å². The maximum absolute atomic E-state index is 13.5. The van der Waals surface area contributed by atoms with Gasteiger partial charge < -0.3 is 0 Å². The fraction of sp³-hybridized carbons (Fsp3) is 0.304. The van der Waals surface area contributed by atoms with E-state index < -0.39 is 0 Å². The van der Waals surface area contributed by atoms with E-state index in [0.29, 0.717) is 17.7 Å². The summed E-state index contributed by atoms with van der Waals surface area (Å²) in [6, 6.07) is 16.0. The van der Waals surface area contributed by atoms with Crippen LogP contribution in [-0.4, -0.2) is 47.3 Å². The van der Waals surface area contributed by atoms with Gasteiger partial charge in [0, 0.05) is 23.5 Å². The SMILES string of the molecule is CCN1CCCC1CN1C(=O)c2cccc3cc4ccccc4c(c23)C1=O. The first-order chi connectivity index (χ1) is 13.2. The first kappa shape index (κ1) is 16.5. The number of likely N-dealkylation sites (N-methyl/N-ethyl adjacent to an activating group) is 1. The highest BCUT2D eigenvalue weighted by atomic mass is 16.2. The third-order valence-electron chi connectivity index (χ3n) is 6.12. The number of amides is 2. The smallest absolute Gasteiger partial charge is 0.262 e. The average Bonchev–Trinajstić information content (AvgIpc) is 3.15. The molecular formula is C23H22N2O2. The lowest BCUT2D eigenvalue weighted by Crippen LogP contribution is -2.47. The molecule has 1 fully saturated rings. The summed E-state index contributed by atoms with van der Waals surface area (Å²) in [6.45, 7) is 4.62. The molecule has 1 atom stereocenters. The zero-order valence-corrected chi connectivity index (χ0v) is 15.4. The Labute approximate surface area is 158 Å². The quantitative estimate of drug-likeness (QED) is 0.523. The molecule has 0 spiro atoms. The molecule has 0 radical (unpaired) electrons. The number of nitrogens with zero attached hydrogens (tertiary/aromatic N) is 2. The number of rotatable bonds is 3. The Balaban J connectivity index is 1.69. The van der Waals surface area contributed by atoms with E-state index in [4.69, 9.17) is 0 Å². The Morgan fingerprint density at radius 2 is 1.81 bits per heavy atom.